The molecule has 0 saturated carbocycles. The highest BCUT2D eigenvalue weighted by Gasteiger charge is 2.09. The minimum Gasteiger partial charge on any atom is -0.491 e. The molecule has 1 aromatic heterocycles. The van der Waals surface area contributed by atoms with Crippen LogP contribution in [-0.4, -0.2) is 17.5 Å². The molecule has 2 aromatic rings. The lowest BCUT2D eigenvalue weighted by Gasteiger charge is -2.08. The van der Waals surface area contributed by atoms with Crippen LogP contribution in [0.4, 0.5) is 14.5 Å². The Balaban J connectivity index is 2.11. The van der Waals surface area contributed by atoms with Gasteiger partial charge in [-0.15, -0.1) is 0 Å². The SMILES string of the molecule is CCOc1ccc(NC(=O)c2ccc(F)nc2)cc1F. The molecule has 6 heteroatoms. The van der Waals surface area contributed by atoms with Crippen LogP contribution < -0.4 is 10.1 Å². The minimum absolute atomic E-state index is 0.119. The normalized spacial score (nSPS) is 10.2. The summed E-state index contributed by atoms with van der Waals surface area (Å²) in [6.45, 7) is 2.10. The highest BCUT2D eigenvalue weighted by atomic mass is 19.1. The summed E-state index contributed by atoms with van der Waals surface area (Å²) in [5.41, 5.74) is 0.459. The maximum absolute atomic E-state index is 13.6. The molecule has 1 amide bonds. The van der Waals surface area contributed by atoms with E-state index in [0.717, 1.165) is 18.3 Å². The monoisotopic (exact) mass is 278 g/mol. The molecule has 0 spiro atoms. The van der Waals surface area contributed by atoms with E-state index in [1.807, 2.05) is 0 Å². The van der Waals surface area contributed by atoms with Crippen LogP contribution >= 0.6 is 0 Å². The van der Waals surface area contributed by atoms with Crippen LogP contribution in [0.2, 0.25) is 0 Å². The van der Waals surface area contributed by atoms with Gasteiger partial charge in [0.1, 0.15) is 0 Å². The predicted octanol–water partition coefficient (Wildman–Crippen LogP) is 3.01. The van der Waals surface area contributed by atoms with Crippen molar-refractivity contribution in [2.75, 3.05) is 11.9 Å². The fraction of sp³-hybridized carbons (Fsp3) is 0.143. The van der Waals surface area contributed by atoms with Crippen LogP contribution in [0.3, 0.4) is 0 Å². The van der Waals surface area contributed by atoms with Gasteiger partial charge in [-0.2, -0.15) is 4.39 Å². The second-order valence-electron chi connectivity index (χ2n) is 3.90. The number of nitrogens with zero attached hydrogens (tertiary/aromatic N) is 1. The molecular weight excluding hydrogens is 266 g/mol. The summed E-state index contributed by atoms with van der Waals surface area (Å²) < 4.78 is 31.3. The second-order valence-corrected chi connectivity index (χ2v) is 3.90. The molecule has 20 heavy (non-hydrogen) atoms. The number of hydrogen-bond acceptors (Lipinski definition) is 3. The van der Waals surface area contributed by atoms with Crippen LogP contribution in [0.5, 0.6) is 5.75 Å². The number of carbonyl (C=O) groups excluding carboxylic acids is 1. The largest absolute Gasteiger partial charge is 0.491 e. The van der Waals surface area contributed by atoms with Gasteiger partial charge >= 0.3 is 0 Å². The third-order valence-corrected chi connectivity index (χ3v) is 2.48. The molecule has 0 atom stereocenters. The van der Waals surface area contributed by atoms with Crippen molar-refractivity contribution in [3.63, 3.8) is 0 Å². The smallest absolute Gasteiger partial charge is 0.257 e. The molecule has 2 rings (SSSR count). The Hall–Kier alpha value is -2.50. The van der Waals surface area contributed by atoms with Crippen LogP contribution in [0.1, 0.15) is 17.3 Å². The molecule has 0 bridgehead atoms. The Morgan fingerprint density at radius 3 is 2.70 bits per heavy atom. The number of anilines is 1. The van der Waals surface area contributed by atoms with Crippen molar-refractivity contribution in [1.82, 2.24) is 4.98 Å². The van der Waals surface area contributed by atoms with Crippen molar-refractivity contribution in [3.05, 3.63) is 53.9 Å². The van der Waals surface area contributed by atoms with Crippen LogP contribution in [0.15, 0.2) is 36.5 Å². The van der Waals surface area contributed by atoms with Crippen LogP contribution in [0, 0.1) is 11.8 Å². The van der Waals surface area contributed by atoms with Gasteiger partial charge in [-0.3, -0.25) is 4.79 Å². The summed E-state index contributed by atoms with van der Waals surface area (Å²) in [4.78, 5) is 15.2. The van der Waals surface area contributed by atoms with Crippen molar-refractivity contribution in [2.45, 2.75) is 6.92 Å². The van der Waals surface area contributed by atoms with Gasteiger partial charge in [-0.25, -0.2) is 9.37 Å². The summed E-state index contributed by atoms with van der Waals surface area (Å²) >= 11 is 0. The first-order chi connectivity index (χ1) is 9.60. The lowest BCUT2D eigenvalue weighted by molar-refractivity contribution is 0.102. The number of ether oxygens (including phenoxy) is 1. The van der Waals surface area contributed by atoms with Crippen molar-refractivity contribution in [3.8, 4) is 5.75 Å². The second kappa shape index (κ2) is 6.10. The number of carbonyl (C=O) groups is 1. The first-order valence-electron chi connectivity index (χ1n) is 5.95. The number of halogens is 2. The van der Waals surface area contributed by atoms with Crippen LogP contribution in [0.25, 0.3) is 0 Å². The third-order valence-electron chi connectivity index (χ3n) is 2.48. The van der Waals surface area contributed by atoms with E-state index in [1.54, 1.807) is 6.92 Å². The number of rotatable bonds is 4. The average Bonchev–Trinajstić information content (AvgIpc) is 2.42. The molecule has 1 heterocycles. The molecule has 0 saturated heterocycles. The molecule has 0 aliphatic carbocycles. The number of hydrogen-bond donors (Lipinski definition) is 1. The highest BCUT2D eigenvalue weighted by Crippen LogP contribution is 2.21. The average molecular weight is 278 g/mol. The first-order valence-corrected chi connectivity index (χ1v) is 5.95. The van der Waals surface area contributed by atoms with Crippen molar-refractivity contribution in [1.29, 1.82) is 0 Å². The van der Waals surface area contributed by atoms with Crippen molar-refractivity contribution >= 4 is 11.6 Å². The zero-order valence-corrected chi connectivity index (χ0v) is 10.7. The molecule has 0 aliphatic rings. The van der Waals surface area contributed by atoms with E-state index in [0.29, 0.717) is 6.61 Å². The van der Waals surface area contributed by atoms with Gasteiger partial charge < -0.3 is 10.1 Å². The van der Waals surface area contributed by atoms with Gasteiger partial charge in [0, 0.05) is 18.0 Å². The fourth-order valence-electron chi connectivity index (χ4n) is 1.56. The number of benzene rings is 1. The fourth-order valence-corrected chi connectivity index (χ4v) is 1.56. The Bertz CT molecular complexity index is 615. The zero-order valence-electron chi connectivity index (χ0n) is 10.7. The number of amides is 1. The van der Waals surface area contributed by atoms with Gasteiger partial charge in [0.15, 0.2) is 11.6 Å². The molecule has 0 fully saturated rings. The Morgan fingerprint density at radius 2 is 2.10 bits per heavy atom. The van der Waals surface area contributed by atoms with E-state index in [1.165, 1.54) is 18.2 Å². The molecule has 1 aromatic carbocycles. The molecular formula is C14H12F2N2O2. The summed E-state index contributed by atoms with van der Waals surface area (Å²) in [5, 5.41) is 2.49. The maximum Gasteiger partial charge on any atom is 0.257 e. The molecule has 4 nitrogen and oxygen atoms in total. The van der Waals surface area contributed by atoms with E-state index in [2.05, 4.69) is 10.3 Å². The molecule has 0 unspecified atom stereocenters. The predicted molar refractivity (Wildman–Crippen MR) is 69.7 cm³/mol. The van der Waals surface area contributed by atoms with E-state index in [9.17, 15) is 13.6 Å². The van der Waals surface area contributed by atoms with E-state index in [4.69, 9.17) is 4.74 Å². The molecule has 1 N–H and O–H groups in total. The van der Waals surface area contributed by atoms with Gasteiger partial charge in [0.05, 0.1) is 12.2 Å². The Labute approximate surface area is 114 Å². The van der Waals surface area contributed by atoms with E-state index in [-0.39, 0.29) is 17.0 Å². The van der Waals surface area contributed by atoms with E-state index >= 15 is 0 Å². The first kappa shape index (κ1) is 13.9. The zero-order chi connectivity index (χ0) is 14.5. The standard InChI is InChI=1S/C14H12F2N2O2/c1-2-20-12-5-4-10(7-11(12)15)18-14(19)9-3-6-13(16)17-8-9/h3-8H,2H2,1H3,(H,18,19). The summed E-state index contributed by atoms with van der Waals surface area (Å²) in [5.74, 6) is -1.62. The number of pyridine rings is 1. The topological polar surface area (TPSA) is 51.2 Å². The van der Waals surface area contributed by atoms with Crippen molar-refractivity contribution < 1.29 is 18.3 Å². The lowest BCUT2D eigenvalue weighted by Crippen LogP contribution is -2.12. The summed E-state index contributed by atoms with van der Waals surface area (Å²) in [6, 6.07) is 6.47. The Kier molecular flexibility index (Phi) is 4.24. The highest BCUT2D eigenvalue weighted by molar-refractivity contribution is 6.04. The number of nitrogens with one attached hydrogen (secondary N) is 1. The molecule has 104 valence electrons. The van der Waals surface area contributed by atoms with Gasteiger partial charge in [0.25, 0.3) is 5.91 Å². The van der Waals surface area contributed by atoms with Gasteiger partial charge in [-0.1, -0.05) is 0 Å². The molecule has 0 aliphatic heterocycles. The summed E-state index contributed by atoms with van der Waals surface area (Å²) in [6.07, 6.45) is 1.11. The quantitative estimate of drug-likeness (QED) is 0.875. The minimum atomic E-state index is -0.673. The third kappa shape index (κ3) is 3.28. The van der Waals surface area contributed by atoms with E-state index < -0.39 is 17.7 Å². The lowest BCUT2D eigenvalue weighted by atomic mass is 10.2. The van der Waals surface area contributed by atoms with Crippen molar-refractivity contribution in [2.24, 2.45) is 0 Å². The Morgan fingerprint density at radius 1 is 1.30 bits per heavy atom. The number of aromatic nitrogens is 1. The maximum atomic E-state index is 13.6. The van der Waals surface area contributed by atoms with Crippen LogP contribution in [-0.2, 0) is 0 Å². The van der Waals surface area contributed by atoms with Gasteiger partial charge in [0.2, 0.25) is 5.95 Å². The molecule has 0 radical (unpaired) electrons. The van der Waals surface area contributed by atoms with Gasteiger partial charge in [-0.05, 0) is 31.2 Å². The summed E-state index contributed by atoms with van der Waals surface area (Å²) in [7, 11) is 0.